The average Bonchev–Trinajstić information content (AvgIpc) is 3.30. The number of amides is 2. The molecule has 1 unspecified atom stereocenters. The van der Waals surface area contributed by atoms with Crippen LogP contribution >= 0.6 is 11.3 Å². The highest BCUT2D eigenvalue weighted by Gasteiger charge is 2.31. The number of nitrogens with one attached hydrogen (secondary N) is 1. The van der Waals surface area contributed by atoms with E-state index in [0.717, 1.165) is 18.4 Å². The van der Waals surface area contributed by atoms with E-state index < -0.39 is 12.8 Å². The zero-order valence-electron chi connectivity index (χ0n) is 14.1. The Kier molecular flexibility index (Phi) is 5.56. The number of halogens is 3. The van der Waals surface area contributed by atoms with Crippen molar-refractivity contribution >= 4 is 23.1 Å². The third-order valence-electron chi connectivity index (χ3n) is 4.18. The minimum atomic E-state index is -4.49. The summed E-state index contributed by atoms with van der Waals surface area (Å²) in [6, 6.07) is 7.44. The minimum absolute atomic E-state index is 0.000999. The van der Waals surface area contributed by atoms with Crippen LogP contribution in [0.2, 0.25) is 0 Å². The normalized spacial score (nSPS) is 16.8. The molecule has 1 aromatic carbocycles. The van der Waals surface area contributed by atoms with Gasteiger partial charge in [0.25, 0.3) is 0 Å². The van der Waals surface area contributed by atoms with E-state index in [9.17, 15) is 18.0 Å². The number of carbonyl (C=O) groups is 1. The summed E-state index contributed by atoms with van der Waals surface area (Å²) >= 11 is 1.57. The van der Waals surface area contributed by atoms with Gasteiger partial charge in [-0.25, -0.2) is 4.79 Å². The van der Waals surface area contributed by atoms with Crippen molar-refractivity contribution in [1.29, 1.82) is 5.26 Å². The van der Waals surface area contributed by atoms with Crippen LogP contribution in [0.4, 0.5) is 23.7 Å². The van der Waals surface area contributed by atoms with E-state index in [1.807, 2.05) is 16.8 Å². The van der Waals surface area contributed by atoms with Crippen LogP contribution < -0.4 is 10.1 Å². The zero-order valence-corrected chi connectivity index (χ0v) is 14.9. The summed E-state index contributed by atoms with van der Waals surface area (Å²) in [5.74, 6) is -0.176. The topological polar surface area (TPSA) is 65.4 Å². The van der Waals surface area contributed by atoms with Crippen molar-refractivity contribution in [1.82, 2.24) is 4.90 Å². The van der Waals surface area contributed by atoms with Gasteiger partial charge in [0.05, 0.1) is 11.6 Å². The second-order valence-electron chi connectivity index (χ2n) is 6.06. The molecule has 2 aromatic rings. The molecule has 1 saturated heterocycles. The van der Waals surface area contributed by atoms with Gasteiger partial charge in [-0.05, 0) is 53.4 Å². The molecule has 9 heteroatoms. The number of urea groups is 1. The van der Waals surface area contributed by atoms with E-state index >= 15 is 0 Å². The number of rotatable bonds is 4. The van der Waals surface area contributed by atoms with E-state index in [4.69, 9.17) is 5.26 Å². The van der Waals surface area contributed by atoms with Crippen LogP contribution in [0.5, 0.6) is 5.75 Å². The highest BCUT2D eigenvalue weighted by atomic mass is 32.1. The fourth-order valence-electron chi connectivity index (χ4n) is 3.00. The molecule has 1 aromatic heterocycles. The van der Waals surface area contributed by atoms with Gasteiger partial charge in [-0.15, -0.1) is 0 Å². The van der Waals surface area contributed by atoms with Gasteiger partial charge in [0.1, 0.15) is 11.8 Å². The fraction of sp³-hybridized carbons (Fsp3) is 0.333. The van der Waals surface area contributed by atoms with Crippen molar-refractivity contribution in [2.75, 3.05) is 18.5 Å². The lowest BCUT2D eigenvalue weighted by Crippen LogP contribution is -2.34. The summed E-state index contributed by atoms with van der Waals surface area (Å²) in [4.78, 5) is 14.3. The Bertz CT molecular complexity index is 847. The summed E-state index contributed by atoms with van der Waals surface area (Å²) in [7, 11) is 0. The Hall–Kier alpha value is -2.73. The largest absolute Gasteiger partial charge is 0.483 e. The fourth-order valence-corrected chi connectivity index (χ4v) is 3.70. The standard InChI is InChI=1S/C18H16F3N3O2S/c19-18(20,21)11-26-16-4-3-14(8-13(16)9-22)23-17(25)24-6-1-2-15(24)12-5-7-27-10-12/h3-5,7-8,10,15H,1-2,6,11H2,(H,23,25). The van der Waals surface area contributed by atoms with Gasteiger partial charge in [0.2, 0.25) is 0 Å². The molecule has 1 aliphatic rings. The van der Waals surface area contributed by atoms with Crippen molar-refractivity contribution < 1.29 is 22.7 Å². The Morgan fingerprint density at radius 3 is 2.89 bits per heavy atom. The first-order chi connectivity index (χ1) is 12.9. The number of anilines is 1. The molecule has 0 saturated carbocycles. The molecule has 2 heterocycles. The lowest BCUT2D eigenvalue weighted by Gasteiger charge is -2.24. The molecule has 2 amide bonds. The maximum atomic E-state index is 12.6. The van der Waals surface area contributed by atoms with Gasteiger partial charge in [-0.1, -0.05) is 0 Å². The van der Waals surface area contributed by atoms with Gasteiger partial charge < -0.3 is 15.0 Å². The predicted molar refractivity (Wildman–Crippen MR) is 94.7 cm³/mol. The van der Waals surface area contributed by atoms with Crippen LogP contribution in [0.1, 0.15) is 30.0 Å². The summed E-state index contributed by atoms with van der Waals surface area (Å²) in [5.41, 5.74) is 1.33. The van der Waals surface area contributed by atoms with Crippen molar-refractivity contribution in [3.8, 4) is 11.8 Å². The van der Waals surface area contributed by atoms with Gasteiger partial charge >= 0.3 is 12.2 Å². The number of hydrogen-bond acceptors (Lipinski definition) is 4. The maximum absolute atomic E-state index is 12.6. The minimum Gasteiger partial charge on any atom is -0.483 e. The Labute approximate surface area is 158 Å². The third kappa shape index (κ3) is 4.71. The summed E-state index contributed by atoms with van der Waals surface area (Å²) < 4.78 is 41.5. The van der Waals surface area contributed by atoms with Crippen LogP contribution in [0.3, 0.4) is 0 Å². The molecule has 27 heavy (non-hydrogen) atoms. The van der Waals surface area contributed by atoms with Crippen LogP contribution in [-0.4, -0.2) is 30.3 Å². The van der Waals surface area contributed by atoms with Gasteiger partial charge in [0.15, 0.2) is 6.61 Å². The second kappa shape index (κ2) is 7.88. The van der Waals surface area contributed by atoms with Crippen molar-refractivity contribution in [2.24, 2.45) is 0 Å². The number of carbonyl (C=O) groups excluding carboxylic acids is 1. The Morgan fingerprint density at radius 2 is 2.22 bits per heavy atom. The molecular formula is C18H16F3N3O2S. The quantitative estimate of drug-likeness (QED) is 0.798. The van der Waals surface area contributed by atoms with E-state index in [1.54, 1.807) is 22.3 Å². The van der Waals surface area contributed by atoms with Crippen molar-refractivity contribution in [2.45, 2.75) is 25.1 Å². The Morgan fingerprint density at radius 1 is 1.41 bits per heavy atom. The number of hydrogen-bond donors (Lipinski definition) is 1. The number of nitrogens with zero attached hydrogens (tertiary/aromatic N) is 2. The lowest BCUT2D eigenvalue weighted by molar-refractivity contribution is -0.153. The van der Waals surface area contributed by atoms with Crippen molar-refractivity contribution in [3.05, 3.63) is 46.2 Å². The van der Waals surface area contributed by atoms with Crippen molar-refractivity contribution in [3.63, 3.8) is 0 Å². The highest BCUT2D eigenvalue weighted by Crippen LogP contribution is 2.33. The first-order valence-electron chi connectivity index (χ1n) is 8.21. The molecule has 1 aliphatic heterocycles. The van der Waals surface area contributed by atoms with Crippen LogP contribution in [0.25, 0.3) is 0 Å². The molecular weight excluding hydrogens is 379 g/mol. The highest BCUT2D eigenvalue weighted by molar-refractivity contribution is 7.08. The summed E-state index contributed by atoms with van der Waals surface area (Å²) in [5, 5.41) is 15.8. The van der Waals surface area contributed by atoms with E-state index in [1.165, 1.54) is 18.2 Å². The molecule has 0 aliphatic carbocycles. The molecule has 0 spiro atoms. The number of benzene rings is 1. The summed E-state index contributed by atoms with van der Waals surface area (Å²) in [6.45, 7) is -0.867. The molecule has 0 bridgehead atoms. The van der Waals surface area contributed by atoms with Gasteiger partial charge in [-0.2, -0.15) is 29.8 Å². The smallest absolute Gasteiger partial charge is 0.422 e. The third-order valence-corrected chi connectivity index (χ3v) is 4.89. The van der Waals surface area contributed by atoms with Gasteiger partial charge in [-0.3, -0.25) is 0 Å². The zero-order chi connectivity index (χ0) is 19.4. The molecule has 3 rings (SSSR count). The monoisotopic (exact) mass is 395 g/mol. The van der Waals surface area contributed by atoms with Crippen LogP contribution in [-0.2, 0) is 0 Å². The molecule has 0 radical (unpaired) electrons. The molecule has 1 N–H and O–H groups in total. The summed E-state index contributed by atoms with van der Waals surface area (Å²) in [6.07, 6.45) is -2.73. The molecule has 142 valence electrons. The molecule has 1 fully saturated rings. The first kappa shape index (κ1) is 19.0. The number of alkyl halides is 3. The first-order valence-corrected chi connectivity index (χ1v) is 9.15. The molecule has 5 nitrogen and oxygen atoms in total. The van der Waals surface area contributed by atoms with Crippen LogP contribution in [0, 0.1) is 11.3 Å². The van der Waals surface area contributed by atoms with Crippen LogP contribution in [0.15, 0.2) is 35.0 Å². The van der Waals surface area contributed by atoms with Gasteiger partial charge in [0, 0.05) is 12.2 Å². The Balaban J connectivity index is 1.70. The van der Waals surface area contributed by atoms with E-state index in [2.05, 4.69) is 10.1 Å². The predicted octanol–water partition coefficient (Wildman–Crippen LogP) is 4.93. The molecule has 1 atom stereocenters. The van der Waals surface area contributed by atoms with E-state index in [-0.39, 0.29) is 23.4 Å². The SMILES string of the molecule is N#Cc1cc(NC(=O)N2CCCC2c2ccsc2)ccc1OCC(F)(F)F. The number of nitriles is 1. The average molecular weight is 395 g/mol. The second-order valence-corrected chi connectivity index (χ2v) is 6.84. The lowest BCUT2D eigenvalue weighted by atomic mass is 10.1. The number of ether oxygens (including phenoxy) is 1. The maximum Gasteiger partial charge on any atom is 0.422 e. The number of likely N-dealkylation sites (tertiary alicyclic amines) is 1. The number of thiophene rings is 1. The van der Waals surface area contributed by atoms with E-state index in [0.29, 0.717) is 12.2 Å².